The van der Waals surface area contributed by atoms with Gasteiger partial charge in [-0.05, 0) is 89.3 Å². The Kier molecular flexibility index (Phi) is 10.7. The lowest BCUT2D eigenvalue weighted by Gasteiger charge is -2.33. The number of anilines is 1. The zero-order valence-corrected chi connectivity index (χ0v) is 33.9. The lowest BCUT2D eigenvalue weighted by molar-refractivity contribution is -0.142. The first kappa shape index (κ1) is 39.6. The second kappa shape index (κ2) is 15.1. The van der Waals surface area contributed by atoms with Crippen LogP contribution in [0.25, 0.3) is 10.8 Å². The number of rotatable bonds is 6. The summed E-state index contributed by atoms with van der Waals surface area (Å²) < 4.78 is 40.7. The summed E-state index contributed by atoms with van der Waals surface area (Å²) >= 11 is 0. The third-order valence-electron chi connectivity index (χ3n) is 11.6. The van der Waals surface area contributed by atoms with Crippen LogP contribution in [0.3, 0.4) is 0 Å². The minimum atomic E-state index is -3.90. The van der Waals surface area contributed by atoms with Gasteiger partial charge in [0.1, 0.15) is 30.3 Å². The van der Waals surface area contributed by atoms with E-state index >= 15 is 0 Å². The van der Waals surface area contributed by atoms with Gasteiger partial charge in [-0.2, -0.15) is 0 Å². The molecule has 304 valence electrons. The van der Waals surface area contributed by atoms with E-state index in [9.17, 15) is 27.6 Å². The van der Waals surface area contributed by atoms with Crippen LogP contribution in [0, 0.1) is 17.8 Å². The minimum Gasteiger partial charge on any atom is -0.489 e. The number of hydrogen-bond donors (Lipinski definition) is 4. The molecule has 0 unspecified atom stereocenters. The van der Waals surface area contributed by atoms with E-state index < -0.39 is 74.2 Å². The standard InChI is InChI=1S/C40H55N7O8S/c1-23-9-7-8-10-25-21-40(25,37(50)45-56(52,53)27-11-12-27)43-34(48)31-20-26(22-47(31)36(49)32(24(2)19-23)42-38(51)44-39(3,4)5)55-35-29-13-14-30-33(28(29)15-16-41-35)54-18-17-46(30)6/h8,10,13-16,23-27,31-32H,7,9,11-12,17-22H2,1-6H3,(H,43,48)(H,45,50)(H2,42,44,51)/b10-8-/t23-,24-,25-,26-,31+,32+,40-/m1/s1. The van der Waals surface area contributed by atoms with Crippen LogP contribution in [0.4, 0.5) is 10.5 Å². The van der Waals surface area contributed by atoms with Crippen molar-refractivity contribution in [3.8, 4) is 11.6 Å². The maximum Gasteiger partial charge on any atom is 0.315 e. The number of likely N-dealkylation sites (N-methyl/N-ethyl adjacent to an activating group) is 1. The summed E-state index contributed by atoms with van der Waals surface area (Å²) in [5, 5.41) is 9.65. The van der Waals surface area contributed by atoms with E-state index in [0.717, 1.165) is 29.8 Å². The van der Waals surface area contributed by atoms with Gasteiger partial charge < -0.3 is 35.2 Å². The van der Waals surface area contributed by atoms with Gasteiger partial charge in [-0.3, -0.25) is 19.1 Å². The van der Waals surface area contributed by atoms with Gasteiger partial charge in [-0.1, -0.05) is 26.0 Å². The number of carbonyl (C=O) groups excluding carboxylic acids is 4. The molecule has 2 saturated carbocycles. The van der Waals surface area contributed by atoms with E-state index in [0.29, 0.717) is 43.6 Å². The van der Waals surface area contributed by atoms with E-state index in [4.69, 9.17) is 9.47 Å². The predicted octanol–water partition coefficient (Wildman–Crippen LogP) is 3.37. The van der Waals surface area contributed by atoms with Crippen molar-refractivity contribution in [3.05, 3.63) is 36.5 Å². The molecule has 0 bridgehead atoms. The number of nitrogens with zero attached hydrogens (tertiary/aromatic N) is 3. The number of allylic oxidation sites excluding steroid dienone is 1. The number of pyridine rings is 1. The zero-order valence-electron chi connectivity index (χ0n) is 33.1. The molecule has 15 nitrogen and oxygen atoms in total. The van der Waals surface area contributed by atoms with Crippen LogP contribution < -0.4 is 35.0 Å². The number of fused-ring (bicyclic) bond motifs is 5. The van der Waals surface area contributed by atoms with E-state index in [-0.39, 0.29) is 31.2 Å². The first-order chi connectivity index (χ1) is 26.5. The number of ether oxygens (including phenoxy) is 2. The zero-order chi connectivity index (χ0) is 40.2. The third-order valence-corrected chi connectivity index (χ3v) is 13.4. The number of benzene rings is 1. The predicted molar refractivity (Wildman–Crippen MR) is 211 cm³/mol. The molecule has 1 aromatic carbocycles. The van der Waals surface area contributed by atoms with Crippen molar-refractivity contribution >= 4 is 50.2 Å². The largest absolute Gasteiger partial charge is 0.489 e. The molecule has 5 amide bonds. The first-order valence-electron chi connectivity index (χ1n) is 19.8. The SMILES string of the molecule is C[C@@H]1CC/C=C\[C@@H]2C[C@@]2(C(=O)NS(=O)(=O)C2CC2)NC(=O)[C@@H]2C[C@@H](Oc3nccc4c5c(ccc34)N(C)CCO5)CN2C(=O)[C@@H](NC(=O)NC(C)(C)C)[C@H](C)C1. The first-order valence-corrected chi connectivity index (χ1v) is 21.4. The van der Waals surface area contributed by atoms with Gasteiger partial charge in [0.25, 0.3) is 5.91 Å². The number of nitrogens with one attached hydrogen (secondary N) is 4. The summed E-state index contributed by atoms with van der Waals surface area (Å²) in [4.78, 5) is 64.7. The average Bonchev–Trinajstić information content (AvgIpc) is 4.05. The van der Waals surface area contributed by atoms with E-state index in [1.807, 2.05) is 65.1 Å². The molecular weight excluding hydrogens is 739 g/mol. The Morgan fingerprint density at radius 1 is 1.07 bits per heavy atom. The van der Waals surface area contributed by atoms with Gasteiger partial charge in [-0.25, -0.2) is 18.2 Å². The Labute approximate surface area is 328 Å². The molecule has 4 N–H and O–H groups in total. The Bertz CT molecular complexity index is 2030. The Balaban J connectivity index is 1.22. The molecular formula is C40H55N7O8S. The maximum absolute atomic E-state index is 14.8. The average molecular weight is 794 g/mol. The van der Waals surface area contributed by atoms with E-state index in [1.54, 1.807) is 6.20 Å². The Morgan fingerprint density at radius 2 is 1.84 bits per heavy atom. The summed E-state index contributed by atoms with van der Waals surface area (Å²) in [5.41, 5.74) is -1.13. The lowest BCUT2D eigenvalue weighted by Crippen LogP contribution is -2.60. The summed E-state index contributed by atoms with van der Waals surface area (Å²) in [6.07, 6.45) is 8.13. The fourth-order valence-electron chi connectivity index (χ4n) is 8.31. The van der Waals surface area contributed by atoms with Crippen molar-refractivity contribution in [2.45, 2.75) is 114 Å². The van der Waals surface area contributed by atoms with Crippen molar-refractivity contribution in [3.63, 3.8) is 0 Å². The number of carbonyl (C=O) groups is 4. The number of amides is 5. The van der Waals surface area contributed by atoms with Gasteiger partial charge >= 0.3 is 6.03 Å². The molecule has 7 rings (SSSR count). The van der Waals surface area contributed by atoms with Crippen molar-refractivity contribution in [2.24, 2.45) is 17.8 Å². The van der Waals surface area contributed by atoms with Gasteiger partial charge in [0, 0.05) is 41.9 Å². The molecule has 56 heavy (non-hydrogen) atoms. The monoisotopic (exact) mass is 793 g/mol. The van der Waals surface area contributed by atoms with Gasteiger partial charge in [0.15, 0.2) is 5.75 Å². The minimum absolute atomic E-state index is 0.000896. The number of hydrogen-bond acceptors (Lipinski definition) is 10. The molecule has 3 fully saturated rings. The van der Waals surface area contributed by atoms with Crippen molar-refractivity contribution in [2.75, 3.05) is 31.6 Å². The van der Waals surface area contributed by atoms with Gasteiger partial charge in [0.2, 0.25) is 27.7 Å². The molecule has 16 heteroatoms. The van der Waals surface area contributed by atoms with E-state index in [2.05, 4.69) is 37.5 Å². The van der Waals surface area contributed by atoms with Crippen LogP contribution in [-0.4, -0.2) is 103 Å². The summed E-state index contributed by atoms with van der Waals surface area (Å²) in [5.74, 6) is -1.35. The third kappa shape index (κ3) is 8.25. The maximum atomic E-state index is 14.8. The van der Waals surface area contributed by atoms with E-state index in [1.165, 1.54) is 4.90 Å². The molecule has 7 atom stereocenters. The molecule has 1 aromatic heterocycles. The van der Waals surface area contributed by atoms with Crippen molar-refractivity contribution in [1.82, 2.24) is 30.6 Å². The van der Waals surface area contributed by atoms with Crippen LogP contribution in [0.15, 0.2) is 36.5 Å². The second-order valence-electron chi connectivity index (χ2n) is 17.5. The summed E-state index contributed by atoms with van der Waals surface area (Å²) in [6.45, 7) is 10.9. The number of sulfonamides is 1. The molecule has 5 aliphatic rings. The normalized spacial score (nSPS) is 30.3. The summed E-state index contributed by atoms with van der Waals surface area (Å²) in [7, 11) is -1.89. The van der Waals surface area contributed by atoms with Crippen molar-refractivity contribution < 1.29 is 37.1 Å². The van der Waals surface area contributed by atoms with Crippen LogP contribution in [0.2, 0.25) is 0 Å². The Hall–Kier alpha value is -4.60. The molecule has 1 saturated heterocycles. The fourth-order valence-corrected chi connectivity index (χ4v) is 9.68. The molecule has 2 aromatic rings. The molecule has 0 radical (unpaired) electrons. The number of urea groups is 1. The highest BCUT2D eigenvalue weighted by Crippen LogP contribution is 2.46. The highest BCUT2D eigenvalue weighted by atomic mass is 32.2. The molecule has 0 spiro atoms. The highest BCUT2D eigenvalue weighted by Gasteiger charge is 2.62. The van der Waals surface area contributed by atoms with Crippen LogP contribution in [0.5, 0.6) is 11.6 Å². The smallest absolute Gasteiger partial charge is 0.315 e. The van der Waals surface area contributed by atoms with Crippen LogP contribution in [0.1, 0.15) is 79.6 Å². The quantitative estimate of drug-likeness (QED) is 0.316. The number of aromatic nitrogens is 1. The summed E-state index contributed by atoms with van der Waals surface area (Å²) in [6, 6.07) is 3.15. The van der Waals surface area contributed by atoms with Gasteiger partial charge in [0.05, 0.1) is 24.0 Å². The van der Waals surface area contributed by atoms with Crippen LogP contribution >= 0.6 is 0 Å². The van der Waals surface area contributed by atoms with Crippen LogP contribution in [-0.2, 0) is 24.4 Å². The topological polar surface area (TPSA) is 188 Å². The molecule has 2 aliphatic carbocycles. The molecule has 3 aliphatic heterocycles. The van der Waals surface area contributed by atoms with Crippen molar-refractivity contribution in [1.29, 1.82) is 0 Å². The Morgan fingerprint density at radius 3 is 2.57 bits per heavy atom. The van der Waals surface area contributed by atoms with Gasteiger partial charge in [-0.15, -0.1) is 0 Å². The highest BCUT2D eigenvalue weighted by molar-refractivity contribution is 7.91. The fraction of sp³-hybridized carbons (Fsp3) is 0.625. The molecule has 4 heterocycles. The second-order valence-corrected chi connectivity index (χ2v) is 19.4. The lowest BCUT2D eigenvalue weighted by atomic mass is 9.88.